The predicted octanol–water partition coefficient (Wildman–Crippen LogP) is 0.389. The Balaban J connectivity index is 1.96. The van der Waals surface area contributed by atoms with Crippen LogP contribution in [0.15, 0.2) is 6.20 Å². The van der Waals surface area contributed by atoms with Crippen LogP contribution in [0.3, 0.4) is 0 Å². The lowest BCUT2D eigenvalue weighted by atomic mass is 10.2. The Morgan fingerprint density at radius 3 is 3.06 bits per heavy atom. The van der Waals surface area contributed by atoms with Crippen molar-refractivity contribution in [3.05, 3.63) is 11.9 Å². The summed E-state index contributed by atoms with van der Waals surface area (Å²) in [4.78, 5) is 4.15. The zero-order valence-corrected chi connectivity index (χ0v) is 10.2. The maximum atomic E-state index is 4.35. The summed E-state index contributed by atoms with van der Waals surface area (Å²) in [6.07, 6.45) is 4.31. The Labute approximate surface area is 96.8 Å². The molecule has 1 aromatic heterocycles. The van der Waals surface area contributed by atoms with Gasteiger partial charge >= 0.3 is 0 Å². The maximum absolute atomic E-state index is 4.35. The molecule has 0 spiro atoms. The molecular formula is C11H21N5. The molecule has 90 valence electrons. The van der Waals surface area contributed by atoms with Crippen LogP contribution < -0.4 is 5.32 Å². The first-order chi connectivity index (χ1) is 7.79. The van der Waals surface area contributed by atoms with Crippen LogP contribution in [-0.2, 0) is 13.6 Å². The van der Waals surface area contributed by atoms with E-state index in [9.17, 15) is 0 Å². The first kappa shape index (κ1) is 11.5. The van der Waals surface area contributed by atoms with Gasteiger partial charge in [0.1, 0.15) is 0 Å². The van der Waals surface area contributed by atoms with Crippen molar-refractivity contribution in [1.82, 2.24) is 25.2 Å². The van der Waals surface area contributed by atoms with Crippen molar-refractivity contribution in [2.75, 3.05) is 19.6 Å². The van der Waals surface area contributed by atoms with E-state index < -0.39 is 0 Å². The highest BCUT2D eigenvalue weighted by molar-refractivity contribution is 4.93. The third-order valence-corrected chi connectivity index (χ3v) is 3.07. The van der Waals surface area contributed by atoms with E-state index in [-0.39, 0.29) is 0 Å². The molecule has 1 aromatic rings. The highest BCUT2D eigenvalue weighted by atomic mass is 15.5. The molecule has 16 heavy (non-hydrogen) atoms. The molecule has 0 aromatic carbocycles. The van der Waals surface area contributed by atoms with E-state index in [4.69, 9.17) is 0 Å². The second-order valence-corrected chi connectivity index (χ2v) is 4.44. The molecule has 5 heteroatoms. The highest BCUT2D eigenvalue weighted by Gasteiger charge is 2.22. The van der Waals surface area contributed by atoms with Crippen molar-refractivity contribution in [2.24, 2.45) is 7.05 Å². The highest BCUT2D eigenvalue weighted by Crippen LogP contribution is 2.12. The van der Waals surface area contributed by atoms with Gasteiger partial charge in [-0.1, -0.05) is 6.92 Å². The fourth-order valence-electron chi connectivity index (χ4n) is 2.30. The Bertz CT molecular complexity index is 316. The minimum atomic E-state index is 0.668. The molecule has 5 nitrogen and oxygen atoms in total. The quantitative estimate of drug-likeness (QED) is 0.784. The second kappa shape index (κ2) is 5.41. The van der Waals surface area contributed by atoms with Crippen molar-refractivity contribution < 1.29 is 0 Å². The number of rotatable bonds is 5. The van der Waals surface area contributed by atoms with Crippen LogP contribution in [0.25, 0.3) is 0 Å². The Morgan fingerprint density at radius 1 is 1.62 bits per heavy atom. The molecule has 0 radical (unpaired) electrons. The summed E-state index contributed by atoms with van der Waals surface area (Å²) in [7, 11) is 1.87. The first-order valence-corrected chi connectivity index (χ1v) is 6.09. The summed E-state index contributed by atoms with van der Waals surface area (Å²) in [5, 5.41) is 11.9. The van der Waals surface area contributed by atoms with Gasteiger partial charge in [0.15, 0.2) is 0 Å². The first-order valence-electron chi connectivity index (χ1n) is 6.09. The molecule has 0 aliphatic carbocycles. The van der Waals surface area contributed by atoms with Crippen LogP contribution in [0, 0.1) is 0 Å². The summed E-state index contributed by atoms with van der Waals surface area (Å²) in [5.41, 5.74) is 1.07. The number of aryl methyl sites for hydroxylation is 1. The molecule has 1 fully saturated rings. The lowest BCUT2D eigenvalue weighted by molar-refractivity contribution is 0.197. The molecule has 0 saturated carbocycles. The summed E-state index contributed by atoms with van der Waals surface area (Å²) in [6.45, 7) is 6.55. The minimum absolute atomic E-state index is 0.668. The smallest absolute Gasteiger partial charge is 0.0967 e. The van der Waals surface area contributed by atoms with Gasteiger partial charge in [0, 0.05) is 26.2 Å². The molecule has 1 aliphatic rings. The van der Waals surface area contributed by atoms with E-state index in [2.05, 4.69) is 27.3 Å². The zero-order valence-electron chi connectivity index (χ0n) is 10.2. The number of nitrogens with zero attached hydrogens (tertiary/aromatic N) is 4. The summed E-state index contributed by atoms with van der Waals surface area (Å²) in [5.74, 6) is 0. The average molecular weight is 223 g/mol. The third kappa shape index (κ3) is 2.80. The van der Waals surface area contributed by atoms with Gasteiger partial charge in [-0.05, 0) is 25.9 Å². The molecule has 1 saturated heterocycles. The molecule has 1 aliphatic heterocycles. The SMILES string of the molecule is CCCN(Cc1cnn(C)n1)C1CCNC1. The van der Waals surface area contributed by atoms with Gasteiger partial charge in [-0.15, -0.1) is 0 Å². The lowest BCUT2D eigenvalue weighted by Gasteiger charge is -2.26. The van der Waals surface area contributed by atoms with Gasteiger partial charge in [0.25, 0.3) is 0 Å². The average Bonchev–Trinajstić information content (AvgIpc) is 2.88. The van der Waals surface area contributed by atoms with Crippen molar-refractivity contribution in [1.29, 1.82) is 0 Å². The molecule has 2 heterocycles. The number of hydrogen-bond donors (Lipinski definition) is 1. The molecule has 0 bridgehead atoms. The van der Waals surface area contributed by atoms with E-state index in [0.29, 0.717) is 6.04 Å². The van der Waals surface area contributed by atoms with Crippen LogP contribution in [0.2, 0.25) is 0 Å². The molecule has 2 rings (SSSR count). The summed E-state index contributed by atoms with van der Waals surface area (Å²) in [6, 6.07) is 0.668. The van der Waals surface area contributed by atoms with Gasteiger partial charge in [0.2, 0.25) is 0 Å². The standard InChI is InChI=1S/C11H21N5/c1-3-6-16(11-4-5-12-8-11)9-10-7-13-15(2)14-10/h7,11-12H,3-6,8-9H2,1-2H3. The van der Waals surface area contributed by atoms with Crippen molar-refractivity contribution in [3.8, 4) is 0 Å². The van der Waals surface area contributed by atoms with Crippen molar-refractivity contribution in [2.45, 2.75) is 32.4 Å². The Morgan fingerprint density at radius 2 is 2.50 bits per heavy atom. The molecule has 1 unspecified atom stereocenters. The van der Waals surface area contributed by atoms with E-state index in [1.807, 2.05) is 13.2 Å². The van der Waals surface area contributed by atoms with Crippen LogP contribution in [0.1, 0.15) is 25.5 Å². The van der Waals surface area contributed by atoms with Crippen LogP contribution in [0.4, 0.5) is 0 Å². The van der Waals surface area contributed by atoms with Crippen LogP contribution in [-0.4, -0.2) is 45.6 Å². The normalized spacial score (nSPS) is 20.8. The van der Waals surface area contributed by atoms with E-state index >= 15 is 0 Å². The van der Waals surface area contributed by atoms with Crippen molar-refractivity contribution in [3.63, 3.8) is 0 Å². The lowest BCUT2D eigenvalue weighted by Crippen LogP contribution is -2.37. The zero-order chi connectivity index (χ0) is 11.4. The number of nitrogens with one attached hydrogen (secondary N) is 1. The van der Waals surface area contributed by atoms with E-state index in [1.54, 1.807) is 4.80 Å². The molecule has 1 atom stereocenters. The van der Waals surface area contributed by atoms with Gasteiger partial charge in [-0.3, -0.25) is 4.90 Å². The topological polar surface area (TPSA) is 46.0 Å². The monoisotopic (exact) mass is 223 g/mol. The van der Waals surface area contributed by atoms with E-state index in [0.717, 1.165) is 31.9 Å². The van der Waals surface area contributed by atoms with Crippen molar-refractivity contribution >= 4 is 0 Å². The van der Waals surface area contributed by atoms with Gasteiger partial charge in [-0.2, -0.15) is 15.0 Å². The minimum Gasteiger partial charge on any atom is -0.315 e. The molecule has 0 amide bonds. The van der Waals surface area contributed by atoms with Crippen LogP contribution >= 0.6 is 0 Å². The van der Waals surface area contributed by atoms with Gasteiger partial charge in [-0.25, -0.2) is 0 Å². The molecular weight excluding hydrogens is 202 g/mol. The molecule has 1 N–H and O–H groups in total. The fourth-order valence-corrected chi connectivity index (χ4v) is 2.30. The predicted molar refractivity (Wildman–Crippen MR) is 63.0 cm³/mol. The maximum Gasteiger partial charge on any atom is 0.0967 e. The number of aromatic nitrogens is 3. The summed E-state index contributed by atoms with van der Waals surface area (Å²) >= 11 is 0. The second-order valence-electron chi connectivity index (χ2n) is 4.44. The fraction of sp³-hybridized carbons (Fsp3) is 0.818. The van der Waals surface area contributed by atoms with Gasteiger partial charge in [0.05, 0.1) is 11.9 Å². The van der Waals surface area contributed by atoms with Crippen LogP contribution in [0.5, 0.6) is 0 Å². The third-order valence-electron chi connectivity index (χ3n) is 3.07. The van der Waals surface area contributed by atoms with Gasteiger partial charge < -0.3 is 5.32 Å². The number of hydrogen-bond acceptors (Lipinski definition) is 4. The largest absolute Gasteiger partial charge is 0.315 e. The Kier molecular flexibility index (Phi) is 3.90. The Hall–Kier alpha value is -0.940. The van der Waals surface area contributed by atoms with E-state index in [1.165, 1.54) is 12.8 Å². The summed E-state index contributed by atoms with van der Waals surface area (Å²) < 4.78 is 0.